The van der Waals surface area contributed by atoms with Gasteiger partial charge in [0, 0.05) is 13.2 Å². The van der Waals surface area contributed by atoms with Gasteiger partial charge in [-0.3, -0.25) is 0 Å². The summed E-state index contributed by atoms with van der Waals surface area (Å²) in [5.74, 6) is -0.605. The Labute approximate surface area is 116 Å². The van der Waals surface area contributed by atoms with Crippen molar-refractivity contribution < 1.29 is 29.6 Å². The van der Waals surface area contributed by atoms with Gasteiger partial charge in [-0.1, -0.05) is 12.1 Å². The zero-order valence-corrected chi connectivity index (χ0v) is 11.1. The van der Waals surface area contributed by atoms with Crippen LogP contribution in [0.5, 0.6) is 5.75 Å². The second-order valence-corrected chi connectivity index (χ2v) is 3.99. The molecule has 2 atom stereocenters. The first-order valence-corrected chi connectivity index (χ1v) is 6.04. The van der Waals surface area contributed by atoms with Crippen LogP contribution in [0, 0.1) is 0 Å². The number of benzene rings is 1. The van der Waals surface area contributed by atoms with E-state index in [1.807, 2.05) is 0 Å². The predicted octanol–water partition coefficient (Wildman–Crippen LogP) is 0.747. The fourth-order valence-electron chi connectivity index (χ4n) is 1.63. The van der Waals surface area contributed by atoms with Crippen LogP contribution in [0.25, 0.3) is 0 Å². The smallest absolute Gasteiger partial charge is 0.328 e. The maximum absolute atomic E-state index is 10.5. The van der Waals surface area contributed by atoms with E-state index in [1.54, 1.807) is 24.3 Å². The molecule has 0 saturated heterocycles. The molecule has 0 radical (unpaired) electrons. The van der Waals surface area contributed by atoms with Crippen molar-refractivity contribution >= 4 is 5.97 Å². The van der Waals surface area contributed by atoms with Gasteiger partial charge in [-0.25, -0.2) is 4.79 Å². The molecule has 0 aliphatic rings. The molecular weight excluding hydrogens is 264 g/mol. The van der Waals surface area contributed by atoms with Crippen molar-refractivity contribution in [1.82, 2.24) is 0 Å². The Bertz CT molecular complexity index is 457. The van der Waals surface area contributed by atoms with E-state index in [2.05, 4.69) is 0 Å². The summed E-state index contributed by atoms with van der Waals surface area (Å²) >= 11 is 0. The fraction of sp³-hybridized carbons (Fsp3) is 0.357. The standard InChI is InChI=1S/C14H18O6/c1-19-12(5-6-13(16)17)14(18)10-3-2-4-11(9-10)20-8-7-15/h2-6,9,12,14-15,18H,7-8H2,1H3,(H,16,17)/b6-5+/t12-,14-/m0/s1. The van der Waals surface area contributed by atoms with Crippen molar-refractivity contribution in [1.29, 1.82) is 0 Å². The zero-order valence-electron chi connectivity index (χ0n) is 11.1. The number of ether oxygens (including phenoxy) is 2. The normalized spacial score (nSPS) is 14.2. The van der Waals surface area contributed by atoms with E-state index in [9.17, 15) is 9.90 Å². The highest BCUT2D eigenvalue weighted by Gasteiger charge is 2.18. The van der Waals surface area contributed by atoms with Crippen molar-refractivity contribution in [3.63, 3.8) is 0 Å². The quantitative estimate of drug-likeness (QED) is 0.609. The van der Waals surface area contributed by atoms with Gasteiger partial charge >= 0.3 is 5.97 Å². The molecule has 0 saturated carbocycles. The lowest BCUT2D eigenvalue weighted by Crippen LogP contribution is -2.19. The van der Waals surface area contributed by atoms with Crippen molar-refractivity contribution in [2.24, 2.45) is 0 Å². The first kappa shape index (κ1) is 16.2. The van der Waals surface area contributed by atoms with Crippen LogP contribution in [0.15, 0.2) is 36.4 Å². The van der Waals surface area contributed by atoms with E-state index in [0.717, 1.165) is 6.08 Å². The van der Waals surface area contributed by atoms with E-state index in [1.165, 1.54) is 13.2 Å². The van der Waals surface area contributed by atoms with Crippen LogP contribution in [0.4, 0.5) is 0 Å². The summed E-state index contributed by atoms with van der Waals surface area (Å²) in [6.45, 7) is 0.0565. The fourth-order valence-corrected chi connectivity index (χ4v) is 1.63. The number of carboxylic acids is 1. The van der Waals surface area contributed by atoms with E-state index >= 15 is 0 Å². The number of hydrogen-bond acceptors (Lipinski definition) is 5. The van der Waals surface area contributed by atoms with Gasteiger partial charge in [0.1, 0.15) is 24.6 Å². The molecule has 0 heterocycles. The molecule has 110 valence electrons. The third-order valence-electron chi connectivity index (χ3n) is 2.57. The molecule has 1 aromatic carbocycles. The Morgan fingerprint density at radius 3 is 2.80 bits per heavy atom. The summed E-state index contributed by atoms with van der Waals surface area (Å²) in [6.07, 6.45) is 0.394. The highest BCUT2D eigenvalue weighted by molar-refractivity contribution is 5.79. The van der Waals surface area contributed by atoms with Gasteiger partial charge in [-0.05, 0) is 23.8 Å². The van der Waals surface area contributed by atoms with Crippen LogP contribution in [-0.2, 0) is 9.53 Å². The van der Waals surface area contributed by atoms with Gasteiger partial charge in [0.2, 0.25) is 0 Å². The highest BCUT2D eigenvalue weighted by atomic mass is 16.5. The van der Waals surface area contributed by atoms with Gasteiger partial charge in [0.05, 0.1) is 6.61 Å². The van der Waals surface area contributed by atoms with Crippen molar-refractivity contribution in [3.05, 3.63) is 42.0 Å². The van der Waals surface area contributed by atoms with Crippen LogP contribution < -0.4 is 4.74 Å². The van der Waals surface area contributed by atoms with Crippen LogP contribution in [0.2, 0.25) is 0 Å². The minimum absolute atomic E-state index is 0.102. The summed E-state index contributed by atoms with van der Waals surface area (Å²) in [4.78, 5) is 10.5. The Hall–Kier alpha value is -1.89. The second-order valence-electron chi connectivity index (χ2n) is 3.99. The first-order chi connectivity index (χ1) is 9.58. The molecule has 0 bridgehead atoms. The second kappa shape index (κ2) is 8.31. The molecule has 6 heteroatoms. The number of carbonyl (C=O) groups is 1. The highest BCUT2D eigenvalue weighted by Crippen LogP contribution is 2.23. The Kier molecular flexibility index (Phi) is 6.72. The van der Waals surface area contributed by atoms with Gasteiger partial charge in [-0.2, -0.15) is 0 Å². The van der Waals surface area contributed by atoms with Crippen molar-refractivity contribution in [3.8, 4) is 5.75 Å². The van der Waals surface area contributed by atoms with E-state index in [-0.39, 0.29) is 13.2 Å². The van der Waals surface area contributed by atoms with Gasteiger partial charge < -0.3 is 24.8 Å². The third kappa shape index (κ3) is 5.00. The number of aliphatic carboxylic acids is 1. The Morgan fingerprint density at radius 2 is 2.20 bits per heavy atom. The lowest BCUT2D eigenvalue weighted by Gasteiger charge is -2.19. The molecule has 1 rings (SSSR count). The molecular formula is C14H18O6. The van der Waals surface area contributed by atoms with Crippen LogP contribution in [0.3, 0.4) is 0 Å². The topological polar surface area (TPSA) is 96.2 Å². The van der Waals surface area contributed by atoms with E-state index < -0.39 is 18.2 Å². The molecule has 0 aliphatic heterocycles. The van der Waals surface area contributed by atoms with Gasteiger partial charge in [0.25, 0.3) is 0 Å². The lowest BCUT2D eigenvalue weighted by molar-refractivity contribution is -0.131. The molecule has 0 aliphatic carbocycles. The summed E-state index contributed by atoms with van der Waals surface area (Å²) in [5, 5.41) is 27.4. The molecule has 3 N–H and O–H groups in total. The number of aliphatic hydroxyl groups excluding tert-OH is 2. The van der Waals surface area contributed by atoms with Crippen molar-refractivity contribution in [2.75, 3.05) is 20.3 Å². The van der Waals surface area contributed by atoms with Crippen LogP contribution in [0.1, 0.15) is 11.7 Å². The molecule has 0 unspecified atom stereocenters. The average Bonchev–Trinajstić information content (AvgIpc) is 2.45. The molecule has 0 fully saturated rings. The van der Waals surface area contributed by atoms with E-state index in [4.69, 9.17) is 19.7 Å². The Morgan fingerprint density at radius 1 is 1.45 bits per heavy atom. The molecule has 6 nitrogen and oxygen atoms in total. The van der Waals surface area contributed by atoms with E-state index in [0.29, 0.717) is 11.3 Å². The lowest BCUT2D eigenvalue weighted by atomic mass is 10.0. The molecule has 20 heavy (non-hydrogen) atoms. The minimum atomic E-state index is -1.11. The van der Waals surface area contributed by atoms with Crippen LogP contribution in [-0.4, -0.2) is 47.7 Å². The SMILES string of the molecule is CO[C@@H](/C=C/C(=O)O)[C@@H](O)c1cccc(OCCO)c1. The average molecular weight is 282 g/mol. The summed E-state index contributed by atoms with van der Waals surface area (Å²) < 4.78 is 10.3. The molecule has 1 aromatic rings. The molecule has 0 amide bonds. The minimum Gasteiger partial charge on any atom is -0.491 e. The first-order valence-electron chi connectivity index (χ1n) is 6.04. The van der Waals surface area contributed by atoms with Crippen molar-refractivity contribution in [2.45, 2.75) is 12.2 Å². The number of methoxy groups -OCH3 is 1. The molecule has 0 aromatic heterocycles. The Balaban J connectivity index is 2.83. The number of rotatable bonds is 8. The number of aliphatic hydroxyl groups is 2. The number of carboxylic acid groups (broad SMARTS) is 1. The van der Waals surface area contributed by atoms with Gasteiger partial charge in [0.15, 0.2) is 0 Å². The summed E-state index contributed by atoms with van der Waals surface area (Å²) in [6, 6.07) is 6.68. The predicted molar refractivity (Wildman–Crippen MR) is 71.6 cm³/mol. The molecule has 0 spiro atoms. The maximum atomic E-state index is 10.5. The number of hydrogen-bond donors (Lipinski definition) is 3. The monoisotopic (exact) mass is 282 g/mol. The third-order valence-corrected chi connectivity index (χ3v) is 2.57. The largest absolute Gasteiger partial charge is 0.491 e. The summed E-state index contributed by atoms with van der Waals surface area (Å²) in [7, 11) is 1.38. The van der Waals surface area contributed by atoms with Crippen LogP contribution >= 0.6 is 0 Å². The summed E-state index contributed by atoms with van der Waals surface area (Å²) in [5.41, 5.74) is 0.530. The maximum Gasteiger partial charge on any atom is 0.328 e. The zero-order chi connectivity index (χ0) is 15.0. The van der Waals surface area contributed by atoms with Gasteiger partial charge in [-0.15, -0.1) is 0 Å².